The highest BCUT2D eigenvalue weighted by atomic mass is 16.5. The number of hydrogen-bond donors (Lipinski definition) is 2. The first-order valence-corrected chi connectivity index (χ1v) is 11.2. The van der Waals surface area contributed by atoms with Gasteiger partial charge in [0, 0.05) is 55.7 Å². The van der Waals surface area contributed by atoms with Gasteiger partial charge in [0.05, 0.1) is 24.3 Å². The number of aromatic nitrogens is 4. The lowest BCUT2D eigenvalue weighted by Gasteiger charge is -2.26. The molecule has 0 saturated carbocycles. The first kappa shape index (κ1) is 22.2. The minimum atomic E-state index is -0.0645. The topological polar surface area (TPSA) is 97.2 Å². The van der Waals surface area contributed by atoms with E-state index < -0.39 is 0 Å². The Morgan fingerprint density at radius 3 is 2.78 bits per heavy atom. The molecule has 1 saturated heterocycles. The summed E-state index contributed by atoms with van der Waals surface area (Å²) in [6, 6.07) is 3.97. The number of carbonyl (C=O) groups excluding carboxylic acids is 1. The summed E-state index contributed by atoms with van der Waals surface area (Å²) in [4.78, 5) is 28.3. The molecule has 4 rings (SSSR count). The fraction of sp³-hybridized carbons (Fsp3) is 0.478. The van der Waals surface area contributed by atoms with Crippen LogP contribution in [0.3, 0.4) is 0 Å². The Morgan fingerprint density at radius 2 is 2.03 bits per heavy atom. The molecule has 0 bridgehead atoms. The number of pyridine rings is 1. The number of fused-ring (bicyclic) bond motifs is 1. The molecule has 0 aliphatic carbocycles. The van der Waals surface area contributed by atoms with Crippen molar-refractivity contribution >= 4 is 28.4 Å². The van der Waals surface area contributed by atoms with Crippen molar-refractivity contribution in [1.29, 1.82) is 0 Å². The van der Waals surface area contributed by atoms with Gasteiger partial charge in [-0.05, 0) is 39.8 Å². The fourth-order valence-electron chi connectivity index (χ4n) is 3.90. The lowest BCUT2D eigenvalue weighted by Crippen LogP contribution is -2.38. The molecule has 3 aromatic rings. The van der Waals surface area contributed by atoms with E-state index in [1.165, 1.54) is 0 Å². The Bertz CT molecular complexity index is 1070. The minimum Gasteiger partial charge on any atom is -0.379 e. The number of rotatable bonds is 8. The highest BCUT2D eigenvalue weighted by Crippen LogP contribution is 2.27. The Balaban J connectivity index is 1.47. The molecule has 1 amide bonds. The number of carbonyl (C=O) groups is 1. The average molecular weight is 438 g/mol. The third-order valence-electron chi connectivity index (χ3n) is 5.59. The highest BCUT2D eigenvalue weighted by molar-refractivity contribution is 6.07. The van der Waals surface area contributed by atoms with E-state index in [4.69, 9.17) is 4.74 Å². The van der Waals surface area contributed by atoms with Gasteiger partial charge in [-0.2, -0.15) is 0 Å². The van der Waals surface area contributed by atoms with E-state index in [9.17, 15) is 4.79 Å². The average Bonchev–Trinajstić information content (AvgIpc) is 3.17. The summed E-state index contributed by atoms with van der Waals surface area (Å²) < 4.78 is 7.49. The van der Waals surface area contributed by atoms with Gasteiger partial charge < -0.3 is 19.9 Å². The van der Waals surface area contributed by atoms with Crippen molar-refractivity contribution in [2.75, 3.05) is 44.7 Å². The van der Waals surface area contributed by atoms with Crippen LogP contribution >= 0.6 is 0 Å². The number of aryl methyl sites for hydroxylation is 1. The number of ether oxygens (including phenoxy) is 1. The van der Waals surface area contributed by atoms with E-state index in [0.717, 1.165) is 50.2 Å². The molecule has 4 heterocycles. The molecule has 1 fully saturated rings. The van der Waals surface area contributed by atoms with Crippen molar-refractivity contribution in [3.63, 3.8) is 0 Å². The number of nitrogens with one attached hydrogen (secondary N) is 2. The van der Waals surface area contributed by atoms with Crippen LogP contribution in [0.5, 0.6) is 0 Å². The zero-order valence-corrected chi connectivity index (χ0v) is 19.0. The number of amides is 1. The van der Waals surface area contributed by atoms with Crippen LogP contribution in [-0.4, -0.2) is 69.7 Å². The molecule has 3 aromatic heterocycles. The molecule has 1 aliphatic heterocycles. The summed E-state index contributed by atoms with van der Waals surface area (Å²) in [6.07, 6.45) is 6.31. The second-order valence-corrected chi connectivity index (χ2v) is 8.31. The van der Waals surface area contributed by atoms with Crippen molar-refractivity contribution in [1.82, 2.24) is 29.7 Å². The molecule has 1 aliphatic rings. The molecule has 9 heteroatoms. The maximum Gasteiger partial charge on any atom is 0.253 e. The molecule has 170 valence electrons. The van der Waals surface area contributed by atoms with Crippen molar-refractivity contribution in [2.24, 2.45) is 0 Å². The molecule has 0 radical (unpaired) electrons. The summed E-state index contributed by atoms with van der Waals surface area (Å²) in [5, 5.41) is 7.14. The monoisotopic (exact) mass is 437 g/mol. The maximum absolute atomic E-state index is 12.9. The molecular formula is C23H31N7O2. The third-order valence-corrected chi connectivity index (χ3v) is 5.59. The van der Waals surface area contributed by atoms with E-state index >= 15 is 0 Å². The first-order chi connectivity index (χ1) is 15.5. The third kappa shape index (κ3) is 5.23. The summed E-state index contributed by atoms with van der Waals surface area (Å²) in [6.45, 7) is 11.2. The second kappa shape index (κ2) is 10.1. The van der Waals surface area contributed by atoms with Gasteiger partial charge in [-0.15, -0.1) is 0 Å². The fourth-order valence-corrected chi connectivity index (χ4v) is 3.90. The Hall–Kier alpha value is -3.04. The SMILES string of the molecule is Cc1nccc(Nc2cc3c(cn2)c(C(=O)NCCCN2CCOCC2)cn3C(C)C)n1. The predicted octanol–water partition coefficient (Wildman–Crippen LogP) is 2.91. The number of morpholine rings is 1. The normalized spacial score (nSPS) is 14.8. The first-order valence-electron chi connectivity index (χ1n) is 11.2. The summed E-state index contributed by atoms with van der Waals surface area (Å²) >= 11 is 0. The second-order valence-electron chi connectivity index (χ2n) is 8.31. The predicted molar refractivity (Wildman–Crippen MR) is 124 cm³/mol. The van der Waals surface area contributed by atoms with E-state index in [2.05, 4.69) is 48.9 Å². The number of anilines is 2. The summed E-state index contributed by atoms with van der Waals surface area (Å²) in [5.74, 6) is 1.98. The highest BCUT2D eigenvalue weighted by Gasteiger charge is 2.18. The van der Waals surface area contributed by atoms with Gasteiger partial charge >= 0.3 is 0 Å². The number of nitrogens with zero attached hydrogens (tertiary/aromatic N) is 5. The zero-order chi connectivity index (χ0) is 22.5. The smallest absolute Gasteiger partial charge is 0.253 e. The molecule has 2 N–H and O–H groups in total. The van der Waals surface area contributed by atoms with Crippen LogP contribution in [0.15, 0.2) is 30.7 Å². The van der Waals surface area contributed by atoms with E-state index in [0.29, 0.717) is 29.6 Å². The Labute approximate surface area is 188 Å². The van der Waals surface area contributed by atoms with Crippen LogP contribution in [0.25, 0.3) is 10.9 Å². The van der Waals surface area contributed by atoms with Crippen LogP contribution in [0, 0.1) is 6.92 Å². The minimum absolute atomic E-state index is 0.0645. The lowest BCUT2D eigenvalue weighted by molar-refractivity contribution is 0.0374. The van der Waals surface area contributed by atoms with Gasteiger partial charge in [0.1, 0.15) is 17.5 Å². The zero-order valence-electron chi connectivity index (χ0n) is 19.0. The maximum atomic E-state index is 12.9. The van der Waals surface area contributed by atoms with E-state index in [1.54, 1.807) is 18.5 Å². The standard InChI is InChI=1S/C23H31N7O2/c1-16(2)30-15-19(23(31)25-6-4-8-29-9-11-32-12-10-29)18-14-26-22(13-20(18)30)28-21-5-7-24-17(3)27-21/h5,7,13-16H,4,6,8-12H2,1-3H3,(H,25,31)(H,24,26,27,28). The number of hydrogen-bond acceptors (Lipinski definition) is 7. The Morgan fingerprint density at radius 1 is 1.22 bits per heavy atom. The molecule has 32 heavy (non-hydrogen) atoms. The summed E-state index contributed by atoms with van der Waals surface area (Å²) in [5.41, 5.74) is 1.61. The van der Waals surface area contributed by atoms with Crippen LogP contribution in [0.1, 0.15) is 42.5 Å². The van der Waals surface area contributed by atoms with Gasteiger partial charge in [0.2, 0.25) is 0 Å². The Kier molecular flexibility index (Phi) is 6.96. The molecule has 9 nitrogen and oxygen atoms in total. The largest absolute Gasteiger partial charge is 0.379 e. The quantitative estimate of drug-likeness (QED) is 0.523. The van der Waals surface area contributed by atoms with Gasteiger partial charge in [0.25, 0.3) is 5.91 Å². The molecule has 0 unspecified atom stereocenters. The molecule has 0 atom stereocenters. The van der Waals surface area contributed by atoms with Crippen LogP contribution in [-0.2, 0) is 4.74 Å². The van der Waals surface area contributed by atoms with Crippen LogP contribution in [0.4, 0.5) is 11.6 Å². The molecular weight excluding hydrogens is 406 g/mol. The van der Waals surface area contributed by atoms with Gasteiger partial charge in [-0.1, -0.05) is 0 Å². The van der Waals surface area contributed by atoms with Gasteiger partial charge in [0.15, 0.2) is 0 Å². The molecule has 0 aromatic carbocycles. The van der Waals surface area contributed by atoms with Gasteiger partial charge in [-0.3, -0.25) is 9.69 Å². The lowest BCUT2D eigenvalue weighted by atomic mass is 10.2. The van der Waals surface area contributed by atoms with E-state index in [1.807, 2.05) is 19.2 Å². The van der Waals surface area contributed by atoms with Crippen LogP contribution < -0.4 is 10.6 Å². The van der Waals surface area contributed by atoms with E-state index in [-0.39, 0.29) is 11.9 Å². The van der Waals surface area contributed by atoms with Crippen molar-refractivity contribution in [2.45, 2.75) is 33.2 Å². The summed E-state index contributed by atoms with van der Waals surface area (Å²) in [7, 11) is 0. The molecule has 0 spiro atoms. The van der Waals surface area contributed by atoms with Crippen molar-refractivity contribution in [3.05, 3.63) is 42.1 Å². The van der Waals surface area contributed by atoms with Crippen molar-refractivity contribution < 1.29 is 9.53 Å². The van der Waals surface area contributed by atoms with Crippen molar-refractivity contribution in [3.8, 4) is 0 Å². The van der Waals surface area contributed by atoms with Gasteiger partial charge in [-0.25, -0.2) is 15.0 Å². The van der Waals surface area contributed by atoms with Crippen LogP contribution in [0.2, 0.25) is 0 Å².